The van der Waals surface area contributed by atoms with Crippen LogP contribution in [-0.4, -0.2) is 15.9 Å². The lowest BCUT2D eigenvalue weighted by atomic mass is 9.95. The number of hydrogen-bond acceptors (Lipinski definition) is 2. The fraction of sp³-hybridized carbons (Fsp3) is 0.130. The van der Waals surface area contributed by atoms with Gasteiger partial charge in [-0.1, -0.05) is 61.5 Å². The second-order valence-corrected chi connectivity index (χ2v) is 6.51. The summed E-state index contributed by atoms with van der Waals surface area (Å²) in [5.74, 6) is 0.557. The summed E-state index contributed by atoms with van der Waals surface area (Å²) in [5, 5.41) is 3.10. The number of para-hydroxylation sites is 3. The van der Waals surface area contributed by atoms with Crippen LogP contribution in [0.1, 0.15) is 24.8 Å². The average Bonchev–Trinajstić information content (AvgIpc) is 3.14. The van der Waals surface area contributed by atoms with Crippen molar-refractivity contribution in [3.05, 3.63) is 84.4 Å². The number of anilines is 1. The first-order valence-corrected chi connectivity index (χ1v) is 9.16. The number of aromatic amines is 1. The molecule has 2 N–H and O–H groups in total. The lowest BCUT2D eigenvalue weighted by Gasteiger charge is -2.17. The van der Waals surface area contributed by atoms with E-state index in [4.69, 9.17) is 0 Å². The van der Waals surface area contributed by atoms with E-state index in [-0.39, 0.29) is 11.8 Å². The van der Waals surface area contributed by atoms with E-state index in [9.17, 15) is 4.79 Å². The fourth-order valence-electron chi connectivity index (χ4n) is 3.36. The van der Waals surface area contributed by atoms with Crippen molar-refractivity contribution >= 4 is 22.6 Å². The van der Waals surface area contributed by atoms with Gasteiger partial charge in [0.05, 0.1) is 22.6 Å². The smallest absolute Gasteiger partial charge is 0.231 e. The van der Waals surface area contributed by atoms with E-state index < -0.39 is 0 Å². The van der Waals surface area contributed by atoms with Gasteiger partial charge in [0.15, 0.2) is 0 Å². The molecule has 1 aromatic heterocycles. The van der Waals surface area contributed by atoms with Gasteiger partial charge in [-0.3, -0.25) is 4.79 Å². The van der Waals surface area contributed by atoms with E-state index in [2.05, 4.69) is 15.3 Å². The third kappa shape index (κ3) is 3.47. The molecule has 0 spiro atoms. The minimum Gasteiger partial charge on any atom is -0.338 e. The maximum absolute atomic E-state index is 13.0. The summed E-state index contributed by atoms with van der Waals surface area (Å²) in [6, 6.07) is 25.6. The number of aromatic nitrogens is 2. The van der Waals surface area contributed by atoms with Crippen molar-refractivity contribution in [3.63, 3.8) is 0 Å². The quantitative estimate of drug-likeness (QED) is 0.506. The molecule has 1 unspecified atom stereocenters. The van der Waals surface area contributed by atoms with Gasteiger partial charge in [0.25, 0.3) is 0 Å². The second-order valence-electron chi connectivity index (χ2n) is 6.51. The van der Waals surface area contributed by atoms with Crippen LogP contribution in [0.5, 0.6) is 0 Å². The number of nitrogens with one attached hydrogen (secondary N) is 2. The molecule has 1 atom stereocenters. The Morgan fingerprint density at radius 1 is 0.963 bits per heavy atom. The van der Waals surface area contributed by atoms with Crippen molar-refractivity contribution in [2.24, 2.45) is 0 Å². The Bertz CT molecular complexity index is 1040. The summed E-state index contributed by atoms with van der Waals surface area (Å²) >= 11 is 0. The molecule has 0 bridgehead atoms. The number of carbonyl (C=O) groups excluding carboxylic acids is 1. The van der Waals surface area contributed by atoms with Crippen LogP contribution in [0.25, 0.3) is 22.4 Å². The molecule has 1 heterocycles. The number of amides is 1. The Kier molecular flexibility index (Phi) is 4.71. The highest BCUT2D eigenvalue weighted by atomic mass is 16.1. The van der Waals surface area contributed by atoms with E-state index in [1.165, 1.54) is 0 Å². The maximum atomic E-state index is 13.0. The van der Waals surface area contributed by atoms with Gasteiger partial charge in [-0.25, -0.2) is 4.98 Å². The van der Waals surface area contributed by atoms with Crippen molar-refractivity contribution in [1.82, 2.24) is 9.97 Å². The lowest BCUT2D eigenvalue weighted by Crippen LogP contribution is -2.21. The number of H-pyrrole nitrogens is 1. The van der Waals surface area contributed by atoms with Gasteiger partial charge < -0.3 is 10.3 Å². The summed E-state index contributed by atoms with van der Waals surface area (Å²) in [5.41, 5.74) is 4.55. The zero-order valence-corrected chi connectivity index (χ0v) is 15.1. The number of fused-ring (bicyclic) bond motifs is 1. The molecule has 0 radical (unpaired) electrons. The third-order valence-corrected chi connectivity index (χ3v) is 4.76. The van der Waals surface area contributed by atoms with E-state index in [0.717, 1.165) is 40.1 Å². The predicted molar refractivity (Wildman–Crippen MR) is 110 cm³/mol. The van der Waals surface area contributed by atoms with Gasteiger partial charge in [0.1, 0.15) is 5.82 Å². The molecule has 27 heavy (non-hydrogen) atoms. The Balaban J connectivity index is 1.66. The Hall–Kier alpha value is -3.40. The first kappa shape index (κ1) is 17.0. The molecule has 134 valence electrons. The molecule has 0 saturated carbocycles. The summed E-state index contributed by atoms with van der Waals surface area (Å²) in [6.07, 6.45) is 0.739. The third-order valence-electron chi connectivity index (χ3n) is 4.76. The van der Waals surface area contributed by atoms with E-state index >= 15 is 0 Å². The molecule has 0 aliphatic heterocycles. The van der Waals surface area contributed by atoms with Crippen molar-refractivity contribution in [2.75, 3.05) is 5.32 Å². The molecule has 0 saturated heterocycles. The van der Waals surface area contributed by atoms with Gasteiger partial charge in [0.2, 0.25) is 5.91 Å². The number of carbonyl (C=O) groups is 1. The van der Waals surface area contributed by atoms with Crippen LogP contribution in [0.2, 0.25) is 0 Å². The molecule has 4 rings (SSSR count). The zero-order chi connectivity index (χ0) is 18.6. The Labute approximate surface area is 158 Å². The Morgan fingerprint density at radius 3 is 2.44 bits per heavy atom. The average molecular weight is 355 g/mol. The molecule has 4 aromatic rings. The lowest BCUT2D eigenvalue weighted by molar-refractivity contribution is -0.117. The Morgan fingerprint density at radius 2 is 1.67 bits per heavy atom. The van der Waals surface area contributed by atoms with Gasteiger partial charge in [-0.05, 0) is 36.2 Å². The fourth-order valence-corrected chi connectivity index (χ4v) is 3.36. The molecule has 3 aromatic carbocycles. The van der Waals surface area contributed by atoms with Crippen molar-refractivity contribution in [3.8, 4) is 11.4 Å². The van der Waals surface area contributed by atoms with Crippen LogP contribution in [0.15, 0.2) is 78.9 Å². The zero-order valence-electron chi connectivity index (χ0n) is 15.1. The normalized spacial score (nSPS) is 12.0. The van der Waals surface area contributed by atoms with Gasteiger partial charge in [-0.15, -0.1) is 0 Å². The number of imidazole rings is 1. The van der Waals surface area contributed by atoms with Crippen LogP contribution in [0, 0.1) is 0 Å². The van der Waals surface area contributed by atoms with Gasteiger partial charge in [0, 0.05) is 5.56 Å². The van der Waals surface area contributed by atoms with Crippen molar-refractivity contribution in [2.45, 2.75) is 19.3 Å². The maximum Gasteiger partial charge on any atom is 0.231 e. The number of benzene rings is 3. The standard InChI is InChI=1S/C23H21N3O/c1-2-17(16-10-4-3-5-11-16)23(27)26-19-13-7-6-12-18(19)22-24-20-14-8-9-15-21(20)25-22/h3-15,17H,2H2,1H3,(H,24,25)(H,26,27). The summed E-state index contributed by atoms with van der Waals surface area (Å²) in [7, 11) is 0. The van der Waals surface area contributed by atoms with Crippen molar-refractivity contribution < 1.29 is 4.79 Å². The molecule has 4 nitrogen and oxygen atoms in total. The van der Waals surface area contributed by atoms with E-state index in [1.807, 2.05) is 85.8 Å². The number of rotatable bonds is 5. The number of nitrogens with zero attached hydrogens (tertiary/aromatic N) is 1. The molecular formula is C23H21N3O. The van der Waals surface area contributed by atoms with Gasteiger partial charge >= 0.3 is 0 Å². The monoisotopic (exact) mass is 355 g/mol. The van der Waals surface area contributed by atoms with Crippen LogP contribution in [0.3, 0.4) is 0 Å². The van der Waals surface area contributed by atoms with Crippen LogP contribution >= 0.6 is 0 Å². The number of hydrogen-bond donors (Lipinski definition) is 2. The highest BCUT2D eigenvalue weighted by Gasteiger charge is 2.20. The minimum atomic E-state index is -0.185. The first-order chi connectivity index (χ1) is 13.3. The topological polar surface area (TPSA) is 57.8 Å². The highest BCUT2D eigenvalue weighted by molar-refractivity contribution is 5.99. The molecule has 1 amide bonds. The summed E-state index contributed by atoms with van der Waals surface area (Å²) < 4.78 is 0. The predicted octanol–water partition coefficient (Wildman–Crippen LogP) is 5.36. The van der Waals surface area contributed by atoms with Crippen LogP contribution < -0.4 is 5.32 Å². The summed E-state index contributed by atoms with van der Waals surface area (Å²) in [4.78, 5) is 21.0. The minimum absolute atomic E-state index is 0.00717. The summed E-state index contributed by atoms with van der Waals surface area (Å²) in [6.45, 7) is 2.03. The SMILES string of the molecule is CCC(C(=O)Nc1ccccc1-c1nc2ccccc2[nH]1)c1ccccc1. The first-order valence-electron chi connectivity index (χ1n) is 9.16. The van der Waals surface area contributed by atoms with E-state index in [1.54, 1.807) is 0 Å². The molecule has 0 fully saturated rings. The van der Waals surface area contributed by atoms with Crippen LogP contribution in [-0.2, 0) is 4.79 Å². The molecule has 0 aliphatic rings. The van der Waals surface area contributed by atoms with Crippen LogP contribution in [0.4, 0.5) is 5.69 Å². The highest BCUT2D eigenvalue weighted by Crippen LogP contribution is 2.29. The molecular weight excluding hydrogens is 334 g/mol. The van der Waals surface area contributed by atoms with E-state index in [0.29, 0.717) is 0 Å². The second kappa shape index (κ2) is 7.46. The van der Waals surface area contributed by atoms with Crippen molar-refractivity contribution in [1.29, 1.82) is 0 Å². The molecule has 4 heteroatoms. The molecule has 0 aliphatic carbocycles. The largest absolute Gasteiger partial charge is 0.338 e. The van der Waals surface area contributed by atoms with Gasteiger partial charge in [-0.2, -0.15) is 0 Å².